The number of pyridine rings is 1. The maximum atomic E-state index is 5.28. The maximum absolute atomic E-state index is 5.28. The summed E-state index contributed by atoms with van der Waals surface area (Å²) in [5.41, 5.74) is 0.409. The van der Waals surface area contributed by atoms with Gasteiger partial charge in [0.25, 0.3) is 0 Å². The van der Waals surface area contributed by atoms with Gasteiger partial charge in [0.05, 0.1) is 7.11 Å². The number of ether oxygens (including phenoxy) is 2. The lowest BCUT2D eigenvalue weighted by molar-refractivity contribution is 0.175. The first kappa shape index (κ1) is 14.1. The molecule has 1 aliphatic rings. The second kappa shape index (κ2) is 5.90. The predicted octanol–water partition coefficient (Wildman–Crippen LogP) is 3.47. The van der Waals surface area contributed by atoms with Crippen molar-refractivity contribution in [2.24, 2.45) is 5.41 Å². The molecule has 1 aliphatic carbocycles. The van der Waals surface area contributed by atoms with Crippen LogP contribution in [-0.4, -0.2) is 32.4 Å². The fourth-order valence-electron chi connectivity index (χ4n) is 2.71. The Morgan fingerprint density at radius 2 is 2.10 bits per heavy atom. The van der Waals surface area contributed by atoms with Gasteiger partial charge in [-0.25, -0.2) is 4.98 Å². The van der Waals surface area contributed by atoms with Gasteiger partial charge in [-0.15, -0.1) is 0 Å². The Morgan fingerprint density at radius 3 is 2.81 bits per heavy atom. The Balaban J connectivity index is 1.75. The molecule has 0 saturated heterocycles. The van der Waals surface area contributed by atoms with E-state index < -0.39 is 0 Å². The number of hydrogen-bond acceptors (Lipinski definition) is 4. The molecule has 0 spiro atoms. The summed E-state index contributed by atoms with van der Waals surface area (Å²) in [4.78, 5) is 4.49. The van der Waals surface area contributed by atoms with Gasteiger partial charge in [-0.2, -0.15) is 0 Å². The molecule has 3 rings (SSSR count). The summed E-state index contributed by atoms with van der Waals surface area (Å²) in [5.74, 6) is 1.83. The number of fused-ring (bicyclic) bond motifs is 1. The number of nitrogens with one attached hydrogen (secondary N) is 1. The van der Waals surface area contributed by atoms with Crippen LogP contribution in [0.15, 0.2) is 30.5 Å². The van der Waals surface area contributed by atoms with Gasteiger partial charge in [0, 0.05) is 31.8 Å². The van der Waals surface area contributed by atoms with E-state index in [0.717, 1.165) is 41.9 Å². The number of benzene rings is 1. The van der Waals surface area contributed by atoms with Gasteiger partial charge in [-0.05, 0) is 54.3 Å². The lowest BCUT2D eigenvalue weighted by Crippen LogP contribution is -2.18. The van der Waals surface area contributed by atoms with Crippen LogP contribution in [0.25, 0.3) is 10.8 Å². The fourth-order valence-corrected chi connectivity index (χ4v) is 2.71. The van der Waals surface area contributed by atoms with E-state index in [1.165, 1.54) is 12.8 Å². The van der Waals surface area contributed by atoms with Crippen molar-refractivity contribution in [1.82, 2.24) is 4.98 Å². The van der Waals surface area contributed by atoms with Gasteiger partial charge in [0.2, 0.25) is 0 Å². The van der Waals surface area contributed by atoms with Gasteiger partial charge in [-0.1, -0.05) is 0 Å². The van der Waals surface area contributed by atoms with E-state index in [2.05, 4.69) is 16.4 Å². The topological polar surface area (TPSA) is 43.4 Å². The lowest BCUT2D eigenvalue weighted by Gasteiger charge is -2.17. The second-order valence-corrected chi connectivity index (χ2v) is 5.84. The first-order valence-electron chi connectivity index (χ1n) is 7.42. The minimum absolute atomic E-state index is 0.409. The third kappa shape index (κ3) is 3.10. The smallest absolute Gasteiger partial charge is 0.133 e. The molecule has 0 aliphatic heterocycles. The predicted molar refractivity (Wildman–Crippen MR) is 84.9 cm³/mol. The molecule has 112 valence electrons. The summed E-state index contributed by atoms with van der Waals surface area (Å²) in [5, 5.41) is 5.82. The van der Waals surface area contributed by atoms with Crippen molar-refractivity contribution >= 4 is 16.6 Å². The van der Waals surface area contributed by atoms with Crippen molar-refractivity contribution in [3.05, 3.63) is 30.5 Å². The molecule has 1 heterocycles. The standard InChI is InChI=1S/C17H22N2O2/c1-20-10-8-17(6-7-17)12-19-16-15-4-3-14(21-2)11-13(15)5-9-18-16/h3-5,9,11H,6-8,10,12H2,1-2H3,(H,18,19). The quantitative estimate of drug-likeness (QED) is 0.846. The number of hydrogen-bond donors (Lipinski definition) is 1. The van der Waals surface area contributed by atoms with Crippen LogP contribution >= 0.6 is 0 Å². The zero-order valence-electron chi connectivity index (χ0n) is 12.7. The number of anilines is 1. The highest BCUT2D eigenvalue weighted by Gasteiger charge is 2.41. The van der Waals surface area contributed by atoms with Gasteiger partial charge in [0.15, 0.2) is 0 Å². The van der Waals surface area contributed by atoms with Crippen LogP contribution in [0.2, 0.25) is 0 Å². The molecule has 2 aromatic rings. The molecule has 0 amide bonds. The summed E-state index contributed by atoms with van der Waals surface area (Å²) in [6.45, 7) is 1.80. The van der Waals surface area contributed by atoms with E-state index in [-0.39, 0.29) is 0 Å². The molecular formula is C17H22N2O2. The van der Waals surface area contributed by atoms with E-state index in [1.807, 2.05) is 24.4 Å². The van der Waals surface area contributed by atoms with Crippen molar-refractivity contribution in [2.75, 3.05) is 32.7 Å². The molecule has 1 N–H and O–H groups in total. The summed E-state index contributed by atoms with van der Waals surface area (Å²) < 4.78 is 10.5. The van der Waals surface area contributed by atoms with Crippen molar-refractivity contribution in [3.63, 3.8) is 0 Å². The molecule has 0 radical (unpaired) electrons. The largest absolute Gasteiger partial charge is 0.497 e. The zero-order valence-corrected chi connectivity index (χ0v) is 12.7. The van der Waals surface area contributed by atoms with Crippen LogP contribution in [0.4, 0.5) is 5.82 Å². The zero-order chi connectivity index (χ0) is 14.7. The summed E-state index contributed by atoms with van der Waals surface area (Å²) in [6.07, 6.45) is 5.53. The Bertz CT molecular complexity index is 623. The number of nitrogens with zero attached hydrogens (tertiary/aromatic N) is 1. The monoisotopic (exact) mass is 286 g/mol. The van der Waals surface area contributed by atoms with E-state index in [1.54, 1.807) is 14.2 Å². The fraction of sp³-hybridized carbons (Fsp3) is 0.471. The number of rotatable bonds is 7. The van der Waals surface area contributed by atoms with Crippen molar-refractivity contribution in [1.29, 1.82) is 0 Å². The van der Waals surface area contributed by atoms with Gasteiger partial charge in [0.1, 0.15) is 11.6 Å². The number of aromatic nitrogens is 1. The Kier molecular flexibility index (Phi) is 3.97. The first-order chi connectivity index (χ1) is 10.3. The Hall–Kier alpha value is -1.81. The third-order valence-corrected chi connectivity index (χ3v) is 4.40. The molecule has 0 bridgehead atoms. The normalized spacial score (nSPS) is 15.9. The average Bonchev–Trinajstić information content (AvgIpc) is 3.30. The molecule has 1 aromatic heterocycles. The third-order valence-electron chi connectivity index (χ3n) is 4.40. The van der Waals surface area contributed by atoms with E-state index in [0.29, 0.717) is 5.41 Å². The van der Waals surface area contributed by atoms with Crippen LogP contribution in [0.3, 0.4) is 0 Å². The maximum Gasteiger partial charge on any atom is 0.133 e. The molecule has 0 atom stereocenters. The highest BCUT2D eigenvalue weighted by molar-refractivity contribution is 5.92. The van der Waals surface area contributed by atoms with Crippen LogP contribution in [0.1, 0.15) is 19.3 Å². The average molecular weight is 286 g/mol. The molecule has 1 saturated carbocycles. The van der Waals surface area contributed by atoms with Gasteiger partial charge < -0.3 is 14.8 Å². The van der Waals surface area contributed by atoms with E-state index in [9.17, 15) is 0 Å². The molecule has 1 fully saturated rings. The first-order valence-corrected chi connectivity index (χ1v) is 7.42. The molecule has 4 heteroatoms. The van der Waals surface area contributed by atoms with Gasteiger partial charge in [-0.3, -0.25) is 0 Å². The van der Waals surface area contributed by atoms with E-state index in [4.69, 9.17) is 9.47 Å². The Morgan fingerprint density at radius 1 is 1.24 bits per heavy atom. The highest BCUT2D eigenvalue weighted by atomic mass is 16.5. The summed E-state index contributed by atoms with van der Waals surface area (Å²) >= 11 is 0. The summed E-state index contributed by atoms with van der Waals surface area (Å²) in [6, 6.07) is 8.10. The van der Waals surface area contributed by atoms with Crippen molar-refractivity contribution in [3.8, 4) is 5.75 Å². The SMILES string of the molecule is COCCC1(CNc2nccc3cc(OC)ccc23)CC1. The van der Waals surface area contributed by atoms with Crippen molar-refractivity contribution < 1.29 is 9.47 Å². The van der Waals surface area contributed by atoms with Gasteiger partial charge >= 0.3 is 0 Å². The highest BCUT2D eigenvalue weighted by Crippen LogP contribution is 2.48. The van der Waals surface area contributed by atoms with Crippen LogP contribution in [-0.2, 0) is 4.74 Å². The lowest BCUT2D eigenvalue weighted by atomic mass is 10.0. The van der Waals surface area contributed by atoms with Crippen LogP contribution in [0, 0.1) is 5.41 Å². The molecular weight excluding hydrogens is 264 g/mol. The second-order valence-electron chi connectivity index (χ2n) is 5.84. The van der Waals surface area contributed by atoms with Crippen LogP contribution in [0.5, 0.6) is 5.75 Å². The molecule has 1 aromatic carbocycles. The molecule has 0 unspecified atom stereocenters. The Labute approximate surface area is 125 Å². The minimum Gasteiger partial charge on any atom is -0.497 e. The minimum atomic E-state index is 0.409. The summed E-state index contributed by atoms with van der Waals surface area (Å²) in [7, 11) is 3.46. The molecule has 4 nitrogen and oxygen atoms in total. The van der Waals surface area contributed by atoms with E-state index >= 15 is 0 Å². The number of methoxy groups -OCH3 is 2. The van der Waals surface area contributed by atoms with Crippen LogP contribution < -0.4 is 10.1 Å². The van der Waals surface area contributed by atoms with Crippen molar-refractivity contribution in [2.45, 2.75) is 19.3 Å². The molecule has 21 heavy (non-hydrogen) atoms.